The fraction of sp³-hybridized carbons (Fsp3) is 0.143. The van der Waals surface area contributed by atoms with Crippen LogP contribution in [0.2, 0.25) is 0 Å². The van der Waals surface area contributed by atoms with Gasteiger partial charge in [-0.3, -0.25) is 4.79 Å². The lowest BCUT2D eigenvalue weighted by molar-refractivity contribution is -0.136. The highest BCUT2D eigenvalue weighted by Crippen LogP contribution is 2.19. The van der Waals surface area contributed by atoms with Gasteiger partial charge in [-0.15, -0.1) is 5.10 Å². The molecule has 0 spiro atoms. The average molecular weight is 284 g/mol. The van der Waals surface area contributed by atoms with Gasteiger partial charge in [-0.2, -0.15) is 0 Å². The predicted octanol–water partition coefficient (Wildman–Crippen LogP) is 1.61. The first kappa shape index (κ1) is 13.0. The number of aromatic nitrogens is 4. The standard InChI is InChI=1S/C14H12N4O3/c19-14(20)6-11-8-18(17-16-11)9-13-15-7-12(21-13)10-4-2-1-3-5-10/h1-5,7-8H,6,9H2,(H,19,20). The topological polar surface area (TPSA) is 94.0 Å². The maximum atomic E-state index is 10.6. The van der Waals surface area contributed by atoms with Crippen molar-refractivity contribution in [1.29, 1.82) is 0 Å². The van der Waals surface area contributed by atoms with Gasteiger partial charge in [-0.25, -0.2) is 9.67 Å². The number of benzene rings is 1. The van der Waals surface area contributed by atoms with E-state index in [2.05, 4.69) is 15.3 Å². The zero-order chi connectivity index (χ0) is 14.7. The summed E-state index contributed by atoms with van der Waals surface area (Å²) >= 11 is 0. The van der Waals surface area contributed by atoms with E-state index < -0.39 is 5.97 Å². The molecule has 0 unspecified atom stereocenters. The number of oxazole rings is 1. The highest BCUT2D eigenvalue weighted by atomic mass is 16.4. The van der Waals surface area contributed by atoms with Crippen LogP contribution in [-0.4, -0.2) is 31.1 Å². The molecule has 0 aliphatic heterocycles. The van der Waals surface area contributed by atoms with Crippen LogP contribution in [0.4, 0.5) is 0 Å². The monoisotopic (exact) mass is 284 g/mol. The Hall–Kier alpha value is -2.96. The summed E-state index contributed by atoms with van der Waals surface area (Å²) in [5, 5.41) is 16.3. The lowest BCUT2D eigenvalue weighted by Gasteiger charge is -1.96. The summed E-state index contributed by atoms with van der Waals surface area (Å²) in [7, 11) is 0. The second-order valence-corrected chi connectivity index (χ2v) is 4.46. The van der Waals surface area contributed by atoms with Gasteiger partial charge in [0.15, 0.2) is 5.76 Å². The SMILES string of the molecule is O=C(O)Cc1cn(Cc2ncc(-c3ccccc3)o2)nn1. The van der Waals surface area contributed by atoms with Crippen molar-refractivity contribution in [2.75, 3.05) is 0 Å². The van der Waals surface area contributed by atoms with E-state index in [9.17, 15) is 4.79 Å². The number of rotatable bonds is 5. The summed E-state index contributed by atoms with van der Waals surface area (Å²) in [6.07, 6.45) is 3.07. The Morgan fingerprint density at radius 1 is 1.29 bits per heavy atom. The van der Waals surface area contributed by atoms with Crippen LogP contribution in [0.1, 0.15) is 11.6 Å². The second kappa shape index (κ2) is 5.58. The number of carbonyl (C=O) groups is 1. The molecule has 3 aromatic rings. The molecule has 0 aliphatic carbocycles. The minimum absolute atomic E-state index is 0.152. The minimum Gasteiger partial charge on any atom is -0.481 e. The minimum atomic E-state index is -0.940. The van der Waals surface area contributed by atoms with Crippen LogP contribution in [0, 0.1) is 0 Å². The number of carboxylic acid groups (broad SMARTS) is 1. The van der Waals surface area contributed by atoms with Crippen LogP contribution >= 0.6 is 0 Å². The molecule has 0 saturated carbocycles. The summed E-state index contributed by atoms with van der Waals surface area (Å²) in [5.74, 6) is 0.224. The van der Waals surface area contributed by atoms with Gasteiger partial charge in [-0.1, -0.05) is 35.5 Å². The third kappa shape index (κ3) is 3.14. The Labute approximate surface area is 119 Å². The van der Waals surface area contributed by atoms with Crippen LogP contribution in [0.15, 0.2) is 47.1 Å². The summed E-state index contributed by atoms with van der Waals surface area (Å²) in [6, 6.07) is 9.65. The van der Waals surface area contributed by atoms with E-state index in [1.54, 1.807) is 12.4 Å². The lowest BCUT2D eigenvalue weighted by atomic mass is 10.2. The first-order valence-electron chi connectivity index (χ1n) is 6.31. The predicted molar refractivity (Wildman–Crippen MR) is 72.4 cm³/mol. The molecule has 106 valence electrons. The van der Waals surface area contributed by atoms with Crippen molar-refractivity contribution >= 4 is 5.97 Å². The molecule has 2 heterocycles. The summed E-state index contributed by atoms with van der Waals surface area (Å²) in [4.78, 5) is 14.8. The first-order valence-corrected chi connectivity index (χ1v) is 6.31. The molecule has 0 aliphatic rings. The van der Waals surface area contributed by atoms with Crippen LogP contribution in [0.5, 0.6) is 0 Å². The quantitative estimate of drug-likeness (QED) is 0.765. The van der Waals surface area contributed by atoms with Crippen molar-refractivity contribution in [3.63, 3.8) is 0 Å². The molecule has 7 heteroatoms. The molecule has 2 aromatic heterocycles. The van der Waals surface area contributed by atoms with Gasteiger partial charge < -0.3 is 9.52 Å². The molecule has 0 amide bonds. The summed E-state index contributed by atoms with van der Waals surface area (Å²) in [5.41, 5.74) is 1.35. The molecule has 0 bridgehead atoms. The zero-order valence-electron chi connectivity index (χ0n) is 11.0. The maximum Gasteiger partial charge on any atom is 0.309 e. The Bertz CT molecular complexity index is 748. The summed E-state index contributed by atoms with van der Waals surface area (Å²) in [6.45, 7) is 0.305. The highest BCUT2D eigenvalue weighted by Gasteiger charge is 2.09. The third-order valence-corrected chi connectivity index (χ3v) is 2.83. The first-order chi connectivity index (χ1) is 10.2. The Balaban J connectivity index is 1.73. The molecular weight excluding hydrogens is 272 g/mol. The number of nitrogens with zero attached hydrogens (tertiary/aromatic N) is 4. The molecule has 0 saturated heterocycles. The smallest absolute Gasteiger partial charge is 0.309 e. The molecule has 3 rings (SSSR count). The van der Waals surface area contributed by atoms with Gasteiger partial charge in [0.05, 0.1) is 18.3 Å². The number of carboxylic acids is 1. The van der Waals surface area contributed by atoms with Crippen molar-refractivity contribution in [2.45, 2.75) is 13.0 Å². The number of hydrogen-bond acceptors (Lipinski definition) is 5. The van der Waals surface area contributed by atoms with Crippen molar-refractivity contribution in [3.8, 4) is 11.3 Å². The fourth-order valence-electron chi connectivity index (χ4n) is 1.91. The van der Waals surface area contributed by atoms with Crippen LogP contribution in [0.25, 0.3) is 11.3 Å². The van der Waals surface area contributed by atoms with Crippen molar-refractivity contribution in [2.24, 2.45) is 0 Å². The molecule has 7 nitrogen and oxygen atoms in total. The number of hydrogen-bond donors (Lipinski definition) is 1. The van der Waals surface area contributed by atoms with Gasteiger partial charge in [-0.05, 0) is 0 Å². The van der Waals surface area contributed by atoms with Gasteiger partial charge in [0.2, 0.25) is 5.89 Å². The van der Waals surface area contributed by atoms with Gasteiger partial charge >= 0.3 is 5.97 Å². The van der Waals surface area contributed by atoms with E-state index in [1.165, 1.54) is 4.68 Å². The molecule has 0 fully saturated rings. The van der Waals surface area contributed by atoms with E-state index in [1.807, 2.05) is 30.3 Å². The van der Waals surface area contributed by atoms with Crippen LogP contribution < -0.4 is 0 Å². The van der Waals surface area contributed by atoms with Crippen LogP contribution in [-0.2, 0) is 17.8 Å². The fourth-order valence-corrected chi connectivity index (χ4v) is 1.91. The largest absolute Gasteiger partial charge is 0.481 e. The van der Waals surface area contributed by atoms with E-state index in [4.69, 9.17) is 9.52 Å². The Kier molecular flexibility index (Phi) is 3.46. The van der Waals surface area contributed by atoms with Crippen molar-refractivity contribution in [3.05, 3.63) is 54.3 Å². The molecule has 21 heavy (non-hydrogen) atoms. The molecular formula is C14H12N4O3. The van der Waals surface area contributed by atoms with E-state index in [-0.39, 0.29) is 6.42 Å². The molecule has 0 radical (unpaired) electrons. The molecule has 1 N–H and O–H groups in total. The van der Waals surface area contributed by atoms with E-state index >= 15 is 0 Å². The van der Waals surface area contributed by atoms with E-state index in [0.29, 0.717) is 23.9 Å². The van der Waals surface area contributed by atoms with Crippen molar-refractivity contribution < 1.29 is 14.3 Å². The second-order valence-electron chi connectivity index (χ2n) is 4.46. The Morgan fingerprint density at radius 3 is 2.86 bits per heavy atom. The summed E-state index contributed by atoms with van der Waals surface area (Å²) < 4.78 is 7.15. The third-order valence-electron chi connectivity index (χ3n) is 2.83. The highest BCUT2D eigenvalue weighted by molar-refractivity contribution is 5.69. The van der Waals surface area contributed by atoms with E-state index in [0.717, 1.165) is 5.56 Å². The normalized spacial score (nSPS) is 10.7. The van der Waals surface area contributed by atoms with Gasteiger partial charge in [0, 0.05) is 11.8 Å². The zero-order valence-corrected chi connectivity index (χ0v) is 11.0. The Morgan fingerprint density at radius 2 is 2.10 bits per heavy atom. The molecule has 0 atom stereocenters. The molecule has 1 aromatic carbocycles. The van der Waals surface area contributed by atoms with Crippen LogP contribution in [0.3, 0.4) is 0 Å². The average Bonchev–Trinajstić information content (AvgIpc) is 3.09. The van der Waals surface area contributed by atoms with Crippen molar-refractivity contribution in [1.82, 2.24) is 20.0 Å². The maximum absolute atomic E-state index is 10.6. The van der Waals surface area contributed by atoms with Gasteiger partial charge in [0.25, 0.3) is 0 Å². The lowest BCUT2D eigenvalue weighted by Crippen LogP contribution is -2.01. The van der Waals surface area contributed by atoms with Gasteiger partial charge in [0.1, 0.15) is 6.54 Å². The number of aliphatic carboxylic acids is 1.